The Morgan fingerprint density at radius 2 is 2.31 bits per heavy atom. The van der Waals surface area contributed by atoms with Gasteiger partial charge in [0.05, 0.1) is 0 Å². The lowest BCUT2D eigenvalue weighted by atomic mass is 10.1. The Labute approximate surface area is 79.7 Å². The molecule has 0 atom stereocenters. The maximum absolute atomic E-state index is 10.5. The number of allylic oxidation sites excluding steroid dienone is 3. The summed E-state index contributed by atoms with van der Waals surface area (Å²) in [7, 11) is 0. The minimum absolute atomic E-state index is 0.00335. The molecule has 0 aliphatic heterocycles. The molecule has 0 aromatic carbocycles. The monoisotopic (exact) mass is 177 g/mol. The zero-order chi connectivity index (χ0) is 10.1. The Morgan fingerprint density at radius 1 is 1.62 bits per heavy atom. The number of rotatable bonds is 4. The minimum Gasteiger partial charge on any atom is -0.356 e. The molecule has 0 heterocycles. The highest BCUT2D eigenvalue weighted by molar-refractivity contribution is 5.72. The van der Waals surface area contributed by atoms with E-state index < -0.39 is 0 Å². The molecular formula is C11H15NO. The van der Waals surface area contributed by atoms with E-state index in [0.717, 1.165) is 12.0 Å². The van der Waals surface area contributed by atoms with Crippen molar-refractivity contribution in [3.8, 4) is 12.3 Å². The molecule has 2 nitrogen and oxygen atoms in total. The van der Waals surface area contributed by atoms with E-state index in [1.54, 1.807) is 6.08 Å². The van der Waals surface area contributed by atoms with E-state index >= 15 is 0 Å². The molecule has 0 aromatic rings. The largest absolute Gasteiger partial charge is 0.356 e. The van der Waals surface area contributed by atoms with Crippen LogP contribution in [0.15, 0.2) is 23.8 Å². The maximum atomic E-state index is 10.5. The van der Waals surface area contributed by atoms with Crippen molar-refractivity contribution in [2.45, 2.75) is 20.3 Å². The van der Waals surface area contributed by atoms with E-state index in [2.05, 4.69) is 11.2 Å². The summed E-state index contributed by atoms with van der Waals surface area (Å²) in [6, 6.07) is 0. The van der Waals surface area contributed by atoms with Crippen LogP contribution >= 0.6 is 0 Å². The molecule has 0 aromatic heterocycles. The molecule has 0 rings (SSSR count). The number of amides is 1. The summed E-state index contributed by atoms with van der Waals surface area (Å²) < 4.78 is 0. The summed E-state index contributed by atoms with van der Waals surface area (Å²) in [6.45, 7) is 4.11. The highest BCUT2D eigenvalue weighted by Gasteiger charge is 1.92. The number of carbonyl (C=O) groups is 1. The molecule has 2 heteroatoms. The third-order valence-electron chi connectivity index (χ3n) is 1.55. The molecule has 0 aliphatic carbocycles. The van der Waals surface area contributed by atoms with Gasteiger partial charge < -0.3 is 5.32 Å². The topological polar surface area (TPSA) is 29.1 Å². The molecule has 0 fully saturated rings. The van der Waals surface area contributed by atoms with Crippen LogP contribution in [0.25, 0.3) is 0 Å². The predicted molar refractivity (Wildman–Crippen MR) is 55.0 cm³/mol. The Balaban J connectivity index is 3.82. The zero-order valence-corrected chi connectivity index (χ0v) is 8.13. The van der Waals surface area contributed by atoms with Crippen molar-refractivity contribution >= 4 is 5.91 Å². The maximum Gasteiger partial charge on any atom is 0.216 e. The van der Waals surface area contributed by atoms with Crippen LogP contribution in [0.2, 0.25) is 0 Å². The van der Waals surface area contributed by atoms with Crippen molar-refractivity contribution in [2.75, 3.05) is 6.54 Å². The number of carbonyl (C=O) groups excluding carboxylic acids is 1. The van der Waals surface area contributed by atoms with Crippen LogP contribution < -0.4 is 5.32 Å². The van der Waals surface area contributed by atoms with E-state index in [0.29, 0.717) is 6.54 Å². The normalized spacial score (nSPS) is 11.3. The fraction of sp³-hybridized carbons (Fsp3) is 0.364. The van der Waals surface area contributed by atoms with Crippen LogP contribution in [0.4, 0.5) is 0 Å². The lowest BCUT2D eigenvalue weighted by Gasteiger charge is -2.01. The lowest BCUT2D eigenvalue weighted by Crippen LogP contribution is -2.20. The highest BCUT2D eigenvalue weighted by atomic mass is 16.1. The van der Waals surface area contributed by atoms with Crippen LogP contribution in [0.5, 0.6) is 0 Å². The smallest absolute Gasteiger partial charge is 0.216 e. The van der Waals surface area contributed by atoms with E-state index in [1.165, 1.54) is 6.92 Å². The fourth-order valence-electron chi connectivity index (χ4n) is 0.862. The summed E-state index contributed by atoms with van der Waals surface area (Å²) in [5.74, 6) is 2.42. The molecule has 0 aliphatic rings. The molecule has 13 heavy (non-hydrogen) atoms. The van der Waals surface area contributed by atoms with Crippen molar-refractivity contribution in [2.24, 2.45) is 0 Å². The fourth-order valence-corrected chi connectivity index (χ4v) is 0.862. The third kappa shape index (κ3) is 6.89. The van der Waals surface area contributed by atoms with Crippen LogP contribution in [0.3, 0.4) is 0 Å². The Morgan fingerprint density at radius 3 is 2.77 bits per heavy atom. The van der Waals surface area contributed by atoms with Gasteiger partial charge in [-0.05, 0) is 25.0 Å². The second kappa shape index (κ2) is 7.17. The van der Waals surface area contributed by atoms with Crippen molar-refractivity contribution in [3.63, 3.8) is 0 Å². The molecule has 0 unspecified atom stereocenters. The van der Waals surface area contributed by atoms with Crippen LogP contribution in [-0.2, 0) is 4.79 Å². The SMILES string of the molecule is C#C/C=C\C(=C/C)CCNC(C)=O. The summed E-state index contributed by atoms with van der Waals surface area (Å²) >= 11 is 0. The number of hydrogen-bond acceptors (Lipinski definition) is 1. The number of nitrogens with one attached hydrogen (secondary N) is 1. The molecular weight excluding hydrogens is 162 g/mol. The molecule has 0 saturated carbocycles. The molecule has 0 saturated heterocycles. The van der Waals surface area contributed by atoms with E-state index in [4.69, 9.17) is 6.42 Å². The van der Waals surface area contributed by atoms with E-state index in [-0.39, 0.29) is 5.91 Å². The number of terminal acetylenes is 1. The van der Waals surface area contributed by atoms with Gasteiger partial charge in [0.1, 0.15) is 0 Å². The Kier molecular flexibility index (Phi) is 6.35. The zero-order valence-electron chi connectivity index (χ0n) is 8.13. The van der Waals surface area contributed by atoms with Gasteiger partial charge in [0.2, 0.25) is 5.91 Å². The first-order valence-electron chi connectivity index (χ1n) is 4.23. The van der Waals surface area contributed by atoms with Crippen molar-refractivity contribution in [1.82, 2.24) is 5.32 Å². The van der Waals surface area contributed by atoms with Crippen molar-refractivity contribution < 1.29 is 4.79 Å². The average Bonchev–Trinajstić information content (AvgIpc) is 2.10. The van der Waals surface area contributed by atoms with Crippen LogP contribution in [0, 0.1) is 12.3 Å². The van der Waals surface area contributed by atoms with Crippen molar-refractivity contribution in [3.05, 3.63) is 23.8 Å². The number of hydrogen-bond donors (Lipinski definition) is 1. The van der Waals surface area contributed by atoms with Gasteiger partial charge >= 0.3 is 0 Å². The van der Waals surface area contributed by atoms with Gasteiger partial charge in [-0.2, -0.15) is 0 Å². The predicted octanol–water partition coefficient (Wildman–Crippen LogP) is 1.65. The van der Waals surface area contributed by atoms with Gasteiger partial charge in [-0.25, -0.2) is 0 Å². The molecule has 0 radical (unpaired) electrons. The molecule has 1 amide bonds. The first kappa shape index (κ1) is 11.5. The Hall–Kier alpha value is -1.49. The highest BCUT2D eigenvalue weighted by Crippen LogP contribution is 2.01. The van der Waals surface area contributed by atoms with E-state index in [1.807, 2.05) is 19.1 Å². The molecule has 0 spiro atoms. The third-order valence-corrected chi connectivity index (χ3v) is 1.55. The second-order valence-corrected chi connectivity index (χ2v) is 2.60. The summed E-state index contributed by atoms with van der Waals surface area (Å²) in [5, 5.41) is 2.72. The summed E-state index contributed by atoms with van der Waals surface area (Å²) in [6.07, 6.45) is 11.4. The molecule has 70 valence electrons. The Bertz CT molecular complexity index is 256. The van der Waals surface area contributed by atoms with Crippen LogP contribution in [-0.4, -0.2) is 12.5 Å². The quantitative estimate of drug-likeness (QED) is 0.513. The van der Waals surface area contributed by atoms with Crippen LogP contribution in [0.1, 0.15) is 20.3 Å². The van der Waals surface area contributed by atoms with Gasteiger partial charge in [0.15, 0.2) is 0 Å². The minimum atomic E-state index is -0.00335. The van der Waals surface area contributed by atoms with Crippen molar-refractivity contribution in [1.29, 1.82) is 0 Å². The second-order valence-electron chi connectivity index (χ2n) is 2.60. The first-order chi connectivity index (χ1) is 6.20. The average molecular weight is 177 g/mol. The van der Waals surface area contributed by atoms with Gasteiger partial charge in [-0.15, -0.1) is 6.42 Å². The standard InChI is InChI=1S/C11H15NO/c1-4-6-7-11(5-2)8-9-12-10(3)13/h1,5-7H,8-9H2,2-3H3,(H,12,13)/b7-6-,11-5+. The van der Waals surface area contributed by atoms with Gasteiger partial charge in [0.25, 0.3) is 0 Å². The summed E-state index contributed by atoms with van der Waals surface area (Å²) in [4.78, 5) is 10.5. The van der Waals surface area contributed by atoms with Gasteiger partial charge in [0, 0.05) is 13.5 Å². The molecule has 0 bridgehead atoms. The molecule has 1 N–H and O–H groups in total. The first-order valence-corrected chi connectivity index (χ1v) is 4.23. The van der Waals surface area contributed by atoms with E-state index in [9.17, 15) is 4.79 Å². The summed E-state index contributed by atoms with van der Waals surface area (Å²) in [5.41, 5.74) is 1.13. The van der Waals surface area contributed by atoms with Gasteiger partial charge in [-0.1, -0.05) is 18.1 Å². The lowest BCUT2D eigenvalue weighted by molar-refractivity contribution is -0.118. The van der Waals surface area contributed by atoms with Gasteiger partial charge in [-0.3, -0.25) is 4.79 Å².